The fourth-order valence-electron chi connectivity index (χ4n) is 3.36. The van der Waals surface area contributed by atoms with Gasteiger partial charge in [0.25, 0.3) is 0 Å². The average molecular weight is 358 g/mol. The van der Waals surface area contributed by atoms with Crippen LogP contribution in [0, 0.1) is 0 Å². The molecule has 0 N–H and O–H groups in total. The van der Waals surface area contributed by atoms with Crippen LogP contribution in [0.4, 0.5) is 0 Å². The van der Waals surface area contributed by atoms with Crippen molar-refractivity contribution < 1.29 is 4.74 Å². The second-order valence-corrected chi connectivity index (χ2v) is 6.58. The van der Waals surface area contributed by atoms with Gasteiger partial charge in [0.2, 0.25) is 0 Å². The average Bonchev–Trinajstić information content (AvgIpc) is 3.17. The van der Waals surface area contributed by atoms with Crippen LogP contribution in [0.1, 0.15) is 11.3 Å². The number of fused-ring (bicyclic) bond motifs is 1. The number of methoxy groups -OCH3 is 1. The van der Waals surface area contributed by atoms with Crippen LogP contribution >= 0.6 is 0 Å². The quantitative estimate of drug-likeness (QED) is 0.522. The molecule has 3 heterocycles. The number of benzene rings is 1. The Balaban J connectivity index is 1.70. The summed E-state index contributed by atoms with van der Waals surface area (Å²) in [5.74, 6) is 0.859. The zero-order chi connectivity index (χ0) is 18.6. The Morgan fingerprint density at radius 2 is 1.89 bits per heavy atom. The number of hydrogen-bond acceptors (Lipinski definition) is 4. The highest BCUT2D eigenvalue weighted by atomic mass is 16.5. The van der Waals surface area contributed by atoms with Crippen molar-refractivity contribution in [3.63, 3.8) is 0 Å². The minimum absolute atomic E-state index is 0.784. The van der Waals surface area contributed by atoms with Crippen LogP contribution in [-0.4, -0.2) is 33.4 Å². The van der Waals surface area contributed by atoms with Crippen molar-refractivity contribution in [2.75, 3.05) is 14.2 Å². The van der Waals surface area contributed by atoms with Crippen LogP contribution < -0.4 is 4.74 Å². The summed E-state index contributed by atoms with van der Waals surface area (Å²) in [4.78, 5) is 11.1. The molecule has 27 heavy (non-hydrogen) atoms. The molecule has 0 aliphatic heterocycles. The zero-order valence-electron chi connectivity index (χ0n) is 15.5. The second kappa shape index (κ2) is 7.60. The van der Waals surface area contributed by atoms with Gasteiger partial charge in [-0.2, -0.15) is 0 Å². The van der Waals surface area contributed by atoms with Crippen LogP contribution in [0.15, 0.2) is 73.2 Å². The number of rotatable bonds is 6. The number of imidazole rings is 1. The lowest BCUT2D eigenvalue weighted by Crippen LogP contribution is -2.18. The van der Waals surface area contributed by atoms with E-state index in [-0.39, 0.29) is 0 Å². The molecule has 5 nitrogen and oxygen atoms in total. The molecule has 0 bridgehead atoms. The van der Waals surface area contributed by atoms with Crippen molar-refractivity contribution in [1.29, 1.82) is 0 Å². The Bertz CT molecular complexity index is 1040. The molecule has 0 radical (unpaired) electrons. The predicted octanol–water partition coefficient (Wildman–Crippen LogP) is 4.04. The summed E-state index contributed by atoms with van der Waals surface area (Å²) in [6, 6.07) is 18.4. The van der Waals surface area contributed by atoms with Gasteiger partial charge in [0.1, 0.15) is 11.4 Å². The normalized spacial score (nSPS) is 11.2. The highest BCUT2D eigenvalue weighted by Crippen LogP contribution is 2.29. The molecule has 5 heteroatoms. The lowest BCUT2D eigenvalue weighted by molar-refractivity contribution is 0.314. The third-order valence-electron chi connectivity index (χ3n) is 4.61. The summed E-state index contributed by atoms with van der Waals surface area (Å²) in [6.45, 7) is 1.57. The van der Waals surface area contributed by atoms with Crippen LogP contribution in [0.5, 0.6) is 5.75 Å². The van der Waals surface area contributed by atoms with Gasteiger partial charge in [0.05, 0.1) is 18.5 Å². The standard InChI is InChI=1S/C22H22N4O/c1-25(16-18-6-3-4-11-23-18)15-17-14-19(27-2)9-10-20(17)21-7-5-8-22-24-12-13-26(21)22/h3-14H,15-16H2,1-2H3. The van der Waals surface area contributed by atoms with Crippen LogP contribution in [-0.2, 0) is 13.1 Å². The summed E-state index contributed by atoms with van der Waals surface area (Å²) in [6.07, 6.45) is 5.66. The summed E-state index contributed by atoms with van der Waals surface area (Å²) < 4.78 is 7.58. The zero-order valence-corrected chi connectivity index (χ0v) is 15.5. The molecule has 0 amide bonds. The summed E-state index contributed by atoms with van der Waals surface area (Å²) >= 11 is 0. The lowest BCUT2D eigenvalue weighted by atomic mass is 10.0. The van der Waals surface area contributed by atoms with Crippen molar-refractivity contribution in [2.24, 2.45) is 0 Å². The van der Waals surface area contributed by atoms with Gasteiger partial charge in [0.15, 0.2) is 0 Å². The highest BCUT2D eigenvalue weighted by Gasteiger charge is 2.13. The van der Waals surface area contributed by atoms with Gasteiger partial charge >= 0.3 is 0 Å². The molecule has 0 saturated carbocycles. The summed E-state index contributed by atoms with van der Waals surface area (Å²) in [5.41, 5.74) is 5.49. The minimum Gasteiger partial charge on any atom is -0.497 e. The molecule has 0 fully saturated rings. The van der Waals surface area contributed by atoms with Crippen molar-refractivity contribution in [2.45, 2.75) is 13.1 Å². The van der Waals surface area contributed by atoms with Gasteiger partial charge < -0.3 is 4.74 Å². The maximum absolute atomic E-state index is 5.47. The van der Waals surface area contributed by atoms with E-state index in [1.54, 1.807) is 7.11 Å². The van der Waals surface area contributed by atoms with E-state index in [1.807, 2.05) is 48.9 Å². The molecule has 4 rings (SSSR count). The molecule has 0 unspecified atom stereocenters. The van der Waals surface area contributed by atoms with Gasteiger partial charge in [-0.25, -0.2) is 4.98 Å². The van der Waals surface area contributed by atoms with Crippen molar-refractivity contribution in [1.82, 2.24) is 19.3 Å². The van der Waals surface area contributed by atoms with Gasteiger partial charge in [-0.15, -0.1) is 0 Å². The number of aromatic nitrogens is 3. The van der Waals surface area contributed by atoms with Crippen molar-refractivity contribution in [3.8, 4) is 17.0 Å². The fraction of sp³-hybridized carbons (Fsp3) is 0.182. The largest absolute Gasteiger partial charge is 0.497 e. The minimum atomic E-state index is 0.784. The molecule has 136 valence electrons. The highest BCUT2D eigenvalue weighted by molar-refractivity contribution is 5.68. The first-order chi connectivity index (χ1) is 13.2. The Kier molecular flexibility index (Phi) is 4.85. The summed E-state index contributed by atoms with van der Waals surface area (Å²) in [7, 11) is 3.81. The molecular weight excluding hydrogens is 336 g/mol. The van der Waals surface area contributed by atoms with Crippen molar-refractivity contribution in [3.05, 3.63) is 84.4 Å². The maximum Gasteiger partial charge on any atom is 0.137 e. The van der Waals surface area contributed by atoms with Gasteiger partial charge in [-0.1, -0.05) is 12.1 Å². The number of pyridine rings is 2. The molecule has 1 aromatic carbocycles. The van der Waals surface area contributed by atoms with Crippen LogP contribution in [0.2, 0.25) is 0 Å². The van der Waals surface area contributed by atoms with E-state index < -0.39 is 0 Å². The Morgan fingerprint density at radius 1 is 0.963 bits per heavy atom. The first kappa shape index (κ1) is 17.2. The maximum atomic E-state index is 5.47. The molecule has 0 saturated heterocycles. The van der Waals surface area contributed by atoms with Crippen LogP contribution in [0.25, 0.3) is 16.9 Å². The fourth-order valence-corrected chi connectivity index (χ4v) is 3.36. The second-order valence-electron chi connectivity index (χ2n) is 6.58. The first-order valence-electron chi connectivity index (χ1n) is 8.92. The van der Waals surface area contributed by atoms with E-state index in [4.69, 9.17) is 4.74 Å². The smallest absolute Gasteiger partial charge is 0.137 e. The van der Waals surface area contributed by atoms with E-state index in [9.17, 15) is 0 Å². The number of hydrogen-bond donors (Lipinski definition) is 0. The van der Waals surface area contributed by atoms with Crippen molar-refractivity contribution >= 4 is 5.65 Å². The van der Waals surface area contributed by atoms with E-state index in [2.05, 4.69) is 50.6 Å². The first-order valence-corrected chi connectivity index (χ1v) is 8.92. The monoisotopic (exact) mass is 358 g/mol. The third kappa shape index (κ3) is 3.68. The molecule has 0 atom stereocenters. The third-order valence-corrected chi connectivity index (χ3v) is 4.61. The van der Waals surface area contributed by atoms with E-state index >= 15 is 0 Å². The predicted molar refractivity (Wildman–Crippen MR) is 107 cm³/mol. The number of ether oxygens (including phenoxy) is 1. The Hall–Kier alpha value is -3.18. The lowest BCUT2D eigenvalue weighted by Gasteiger charge is -2.20. The molecule has 0 aliphatic carbocycles. The topological polar surface area (TPSA) is 42.7 Å². The summed E-state index contributed by atoms with van der Waals surface area (Å²) in [5, 5.41) is 0. The SMILES string of the molecule is COc1ccc(-c2cccc3nccn23)c(CN(C)Cc2ccccn2)c1. The van der Waals surface area contributed by atoms with E-state index in [0.717, 1.165) is 35.9 Å². The van der Waals surface area contributed by atoms with E-state index in [1.165, 1.54) is 11.1 Å². The molecule has 0 aliphatic rings. The molecule has 0 spiro atoms. The van der Waals surface area contributed by atoms with Gasteiger partial charge in [0, 0.05) is 37.2 Å². The molecule has 4 aromatic rings. The van der Waals surface area contributed by atoms with Gasteiger partial charge in [-0.05, 0) is 55.1 Å². The molecular formula is C22H22N4O. The van der Waals surface area contributed by atoms with Crippen LogP contribution in [0.3, 0.4) is 0 Å². The molecule has 3 aromatic heterocycles. The van der Waals surface area contributed by atoms with Gasteiger partial charge in [-0.3, -0.25) is 14.3 Å². The number of nitrogens with zero attached hydrogens (tertiary/aromatic N) is 4. The Morgan fingerprint density at radius 3 is 2.70 bits per heavy atom. The van der Waals surface area contributed by atoms with E-state index in [0.29, 0.717) is 0 Å². The Labute approximate surface area is 158 Å².